The average Bonchev–Trinajstić information content (AvgIpc) is 2.41. The molecule has 0 atom stereocenters. The molecule has 0 amide bonds. The molecule has 0 aliphatic heterocycles. The number of nitrogens with zero attached hydrogens (tertiary/aromatic N) is 1. The van der Waals surface area contributed by atoms with Crippen molar-refractivity contribution in [2.24, 2.45) is 0 Å². The van der Waals surface area contributed by atoms with E-state index in [1.54, 1.807) is 18.2 Å². The monoisotopic (exact) mass is 340 g/mol. The smallest absolute Gasteiger partial charge is 0.272 e. The molecule has 20 heavy (non-hydrogen) atoms. The Balaban J connectivity index is 2.15. The first kappa shape index (κ1) is 14.3. The zero-order valence-electron chi connectivity index (χ0n) is 10.1. The van der Waals surface area contributed by atoms with Crippen molar-refractivity contribution in [2.45, 2.75) is 6.54 Å². The molecule has 0 bridgehead atoms. The van der Waals surface area contributed by atoms with Crippen LogP contribution in [0.3, 0.4) is 0 Å². The largest absolute Gasteiger partial charge is 0.506 e. The molecule has 2 N–H and O–H groups in total. The van der Waals surface area contributed by atoms with Crippen molar-refractivity contribution < 1.29 is 14.4 Å². The topological polar surface area (TPSA) is 75.4 Å². The predicted octanol–water partition coefficient (Wildman–Crippen LogP) is 3.81. The van der Waals surface area contributed by atoms with Crippen molar-refractivity contribution in [2.75, 3.05) is 5.32 Å². The van der Waals surface area contributed by atoms with Crippen LogP contribution in [0.15, 0.2) is 40.9 Å². The SMILES string of the molecule is O=[N+]([O-])c1ccc(NCc2cccc(Br)c2O)c(F)c1. The van der Waals surface area contributed by atoms with E-state index in [0.29, 0.717) is 10.0 Å². The quantitative estimate of drug-likeness (QED) is 0.655. The highest BCUT2D eigenvalue weighted by Gasteiger charge is 2.11. The first-order valence-corrected chi connectivity index (χ1v) is 6.42. The number of nitro benzene ring substituents is 1. The van der Waals surface area contributed by atoms with E-state index in [4.69, 9.17) is 0 Å². The van der Waals surface area contributed by atoms with Gasteiger partial charge in [-0.05, 0) is 28.1 Å². The van der Waals surface area contributed by atoms with Crippen LogP contribution in [-0.2, 0) is 6.54 Å². The fourth-order valence-corrected chi connectivity index (χ4v) is 2.06. The number of halogens is 2. The van der Waals surface area contributed by atoms with Crippen LogP contribution in [0.5, 0.6) is 5.75 Å². The molecule has 5 nitrogen and oxygen atoms in total. The summed E-state index contributed by atoms with van der Waals surface area (Å²) < 4.78 is 14.2. The van der Waals surface area contributed by atoms with Gasteiger partial charge in [0.2, 0.25) is 0 Å². The van der Waals surface area contributed by atoms with Crippen LogP contribution in [0, 0.1) is 15.9 Å². The number of para-hydroxylation sites is 1. The lowest BCUT2D eigenvalue weighted by Crippen LogP contribution is -2.02. The summed E-state index contributed by atoms with van der Waals surface area (Å²) in [6, 6.07) is 8.48. The predicted molar refractivity (Wildman–Crippen MR) is 76.2 cm³/mol. The normalized spacial score (nSPS) is 10.3. The molecule has 0 aliphatic rings. The fourth-order valence-electron chi connectivity index (χ4n) is 1.65. The zero-order chi connectivity index (χ0) is 14.7. The lowest BCUT2D eigenvalue weighted by molar-refractivity contribution is -0.385. The molecular formula is C13H10BrFN2O3. The van der Waals surface area contributed by atoms with E-state index in [0.717, 1.165) is 6.07 Å². The van der Waals surface area contributed by atoms with Crippen molar-refractivity contribution in [3.63, 3.8) is 0 Å². The first-order chi connectivity index (χ1) is 9.49. The molecule has 2 aromatic carbocycles. The number of benzene rings is 2. The third-order valence-corrected chi connectivity index (χ3v) is 3.34. The molecule has 0 fully saturated rings. The second-order valence-electron chi connectivity index (χ2n) is 4.02. The molecule has 0 saturated heterocycles. The van der Waals surface area contributed by atoms with E-state index in [1.165, 1.54) is 12.1 Å². The highest BCUT2D eigenvalue weighted by Crippen LogP contribution is 2.28. The number of rotatable bonds is 4. The minimum atomic E-state index is -0.714. The Bertz CT molecular complexity index is 664. The van der Waals surface area contributed by atoms with Crippen molar-refractivity contribution in [3.8, 4) is 5.75 Å². The number of hydrogen-bond donors (Lipinski definition) is 2. The summed E-state index contributed by atoms with van der Waals surface area (Å²) in [4.78, 5) is 9.85. The number of non-ortho nitro benzene ring substituents is 1. The Morgan fingerprint density at radius 1 is 1.35 bits per heavy atom. The number of hydrogen-bond acceptors (Lipinski definition) is 4. The Kier molecular flexibility index (Phi) is 4.19. The van der Waals surface area contributed by atoms with Crippen LogP contribution in [0.2, 0.25) is 0 Å². The van der Waals surface area contributed by atoms with Crippen LogP contribution in [0.25, 0.3) is 0 Å². The van der Waals surface area contributed by atoms with Gasteiger partial charge in [0.15, 0.2) is 5.82 Å². The van der Waals surface area contributed by atoms with Gasteiger partial charge in [-0.3, -0.25) is 10.1 Å². The summed E-state index contributed by atoms with van der Waals surface area (Å²) in [6.07, 6.45) is 0. The Labute approximate surface area is 122 Å². The van der Waals surface area contributed by atoms with Crippen LogP contribution in [0.4, 0.5) is 15.8 Å². The molecule has 0 aromatic heterocycles. The second-order valence-corrected chi connectivity index (χ2v) is 4.88. The van der Waals surface area contributed by atoms with Crippen LogP contribution in [0.1, 0.15) is 5.56 Å². The maximum absolute atomic E-state index is 13.7. The average molecular weight is 341 g/mol. The number of aromatic hydroxyl groups is 1. The molecule has 0 heterocycles. The molecule has 0 spiro atoms. The number of nitro groups is 1. The maximum Gasteiger partial charge on any atom is 0.272 e. The first-order valence-electron chi connectivity index (χ1n) is 5.63. The molecular weight excluding hydrogens is 331 g/mol. The minimum Gasteiger partial charge on any atom is -0.506 e. The summed E-state index contributed by atoms with van der Waals surface area (Å²) in [5.41, 5.74) is 0.408. The zero-order valence-corrected chi connectivity index (χ0v) is 11.7. The van der Waals surface area contributed by atoms with Gasteiger partial charge in [0.1, 0.15) is 5.75 Å². The summed E-state index contributed by atoms with van der Waals surface area (Å²) in [5.74, 6) is -0.643. The Morgan fingerprint density at radius 3 is 2.75 bits per heavy atom. The fraction of sp³-hybridized carbons (Fsp3) is 0.0769. The molecule has 104 valence electrons. The lowest BCUT2D eigenvalue weighted by Gasteiger charge is -2.09. The summed E-state index contributed by atoms with van der Waals surface area (Å²) in [5, 5.41) is 23.1. The van der Waals surface area contributed by atoms with E-state index >= 15 is 0 Å². The summed E-state index contributed by atoms with van der Waals surface area (Å²) in [6.45, 7) is 0.194. The third-order valence-electron chi connectivity index (χ3n) is 2.70. The third kappa shape index (κ3) is 3.05. The highest BCUT2D eigenvalue weighted by molar-refractivity contribution is 9.10. The van der Waals surface area contributed by atoms with Crippen LogP contribution in [-0.4, -0.2) is 10.0 Å². The Hall–Kier alpha value is -2.15. The molecule has 2 rings (SSSR count). The molecule has 0 saturated carbocycles. The van der Waals surface area contributed by atoms with Gasteiger partial charge in [-0.1, -0.05) is 12.1 Å². The number of phenols is 1. The van der Waals surface area contributed by atoms with E-state index < -0.39 is 10.7 Å². The highest BCUT2D eigenvalue weighted by atomic mass is 79.9. The van der Waals surface area contributed by atoms with E-state index in [1.807, 2.05) is 0 Å². The van der Waals surface area contributed by atoms with Crippen molar-refractivity contribution in [1.29, 1.82) is 0 Å². The van der Waals surface area contributed by atoms with Gasteiger partial charge in [0.25, 0.3) is 5.69 Å². The van der Waals surface area contributed by atoms with Crippen LogP contribution < -0.4 is 5.32 Å². The second kappa shape index (κ2) is 5.87. The maximum atomic E-state index is 13.7. The van der Waals surface area contributed by atoms with Gasteiger partial charge >= 0.3 is 0 Å². The number of nitrogens with one attached hydrogen (secondary N) is 1. The molecule has 0 radical (unpaired) electrons. The van der Waals surface area contributed by atoms with E-state index in [-0.39, 0.29) is 23.7 Å². The van der Waals surface area contributed by atoms with Crippen molar-refractivity contribution in [3.05, 3.63) is 62.4 Å². The van der Waals surface area contributed by atoms with Crippen molar-refractivity contribution >= 4 is 27.3 Å². The standard InChI is InChI=1S/C13H10BrFN2O3/c14-10-3-1-2-8(13(10)18)7-16-12-5-4-9(17(19)20)6-11(12)15/h1-6,16,18H,7H2. The minimum absolute atomic E-state index is 0.0716. The van der Waals surface area contributed by atoms with Gasteiger partial charge in [-0.25, -0.2) is 4.39 Å². The molecule has 0 unspecified atom stereocenters. The van der Waals surface area contributed by atoms with Crippen molar-refractivity contribution in [1.82, 2.24) is 0 Å². The molecule has 2 aromatic rings. The van der Waals surface area contributed by atoms with Crippen LogP contribution >= 0.6 is 15.9 Å². The summed E-state index contributed by atoms with van der Waals surface area (Å²) >= 11 is 3.19. The van der Waals surface area contributed by atoms with E-state index in [2.05, 4.69) is 21.2 Å². The van der Waals surface area contributed by atoms with Gasteiger partial charge in [-0.15, -0.1) is 0 Å². The van der Waals surface area contributed by atoms with Gasteiger partial charge < -0.3 is 10.4 Å². The van der Waals surface area contributed by atoms with Gasteiger partial charge in [0.05, 0.1) is 21.1 Å². The molecule has 0 aliphatic carbocycles. The number of anilines is 1. The van der Waals surface area contributed by atoms with Gasteiger partial charge in [0, 0.05) is 18.2 Å². The summed E-state index contributed by atoms with van der Waals surface area (Å²) in [7, 11) is 0. The Morgan fingerprint density at radius 2 is 2.10 bits per heavy atom. The lowest BCUT2D eigenvalue weighted by atomic mass is 10.2. The van der Waals surface area contributed by atoms with E-state index in [9.17, 15) is 19.6 Å². The molecule has 7 heteroatoms. The number of phenolic OH excluding ortho intramolecular Hbond substituents is 1. The van der Waals surface area contributed by atoms with Gasteiger partial charge in [-0.2, -0.15) is 0 Å².